The molecule has 1 aromatic carbocycles. The molecule has 2 aromatic rings. The lowest BCUT2D eigenvalue weighted by Gasteiger charge is -2.17. The minimum absolute atomic E-state index is 0.0102. The molecule has 7 nitrogen and oxygen atoms in total. The number of amides is 2. The van der Waals surface area contributed by atoms with Crippen molar-refractivity contribution in [3.8, 4) is 6.07 Å². The van der Waals surface area contributed by atoms with Crippen molar-refractivity contribution in [1.82, 2.24) is 0 Å². The van der Waals surface area contributed by atoms with Crippen molar-refractivity contribution >= 4 is 39.8 Å². The Bertz CT molecular complexity index is 937. The quantitative estimate of drug-likeness (QED) is 0.794. The molecule has 2 amide bonds. The molecular weight excluding hydrogens is 373 g/mol. The van der Waals surface area contributed by atoms with E-state index in [1.807, 2.05) is 6.07 Å². The van der Waals surface area contributed by atoms with Crippen LogP contribution in [0.2, 0.25) is 0 Å². The highest BCUT2D eigenvalue weighted by Gasteiger charge is 2.37. The van der Waals surface area contributed by atoms with Crippen LogP contribution < -0.4 is 10.2 Å². The lowest BCUT2D eigenvalue weighted by Crippen LogP contribution is -2.28. The molecule has 9 heteroatoms. The van der Waals surface area contributed by atoms with Gasteiger partial charge in [0.25, 0.3) is 5.91 Å². The molecule has 0 radical (unpaired) electrons. The molecule has 0 saturated carbocycles. The number of rotatable bonds is 5. The number of thiophene rings is 1. The number of benzene rings is 1. The summed E-state index contributed by atoms with van der Waals surface area (Å²) in [5.74, 6) is -3.00. The van der Waals surface area contributed by atoms with Crippen LogP contribution in [0.25, 0.3) is 0 Å². The van der Waals surface area contributed by atoms with Crippen LogP contribution in [0.5, 0.6) is 0 Å². The number of hydrogen-bond acceptors (Lipinski definition) is 6. The lowest BCUT2D eigenvalue weighted by molar-refractivity contribution is -0.151. The lowest BCUT2D eigenvalue weighted by atomic mass is 10.1. The average Bonchev–Trinajstić information content (AvgIpc) is 3.26. The van der Waals surface area contributed by atoms with Crippen LogP contribution in [-0.4, -0.2) is 30.9 Å². The van der Waals surface area contributed by atoms with Crippen LogP contribution in [-0.2, 0) is 19.1 Å². The van der Waals surface area contributed by atoms with Gasteiger partial charge < -0.3 is 15.0 Å². The number of halogens is 1. The minimum Gasteiger partial charge on any atom is -0.455 e. The number of esters is 1. The summed E-state index contributed by atoms with van der Waals surface area (Å²) in [5.41, 5.74) is 0.430. The number of nitrogens with zero attached hydrogens (tertiary/aromatic N) is 2. The zero-order valence-electron chi connectivity index (χ0n) is 14.0. The molecule has 138 valence electrons. The van der Waals surface area contributed by atoms with Crippen molar-refractivity contribution in [3.63, 3.8) is 0 Å². The van der Waals surface area contributed by atoms with Gasteiger partial charge >= 0.3 is 5.97 Å². The van der Waals surface area contributed by atoms with Crippen LogP contribution in [0, 0.1) is 23.1 Å². The Hall–Kier alpha value is -3.25. The average molecular weight is 387 g/mol. The molecule has 3 rings (SSSR count). The van der Waals surface area contributed by atoms with Crippen LogP contribution in [0.15, 0.2) is 35.7 Å². The van der Waals surface area contributed by atoms with E-state index in [4.69, 9.17) is 10.00 Å². The maximum Gasteiger partial charge on any atom is 0.311 e. The van der Waals surface area contributed by atoms with E-state index in [2.05, 4.69) is 5.32 Å². The standard InChI is InChI=1S/C18H14FN3O4S/c19-13-3-1-2-4-14(13)22-9-12(7-16(22)24)18(25)26-10-15(23)21-17-11(8-20)5-6-27-17/h1-6,12H,7,9-10H2,(H,21,23)/t12-/m1/s1. The fourth-order valence-corrected chi connectivity index (χ4v) is 3.43. The molecule has 1 fully saturated rings. The van der Waals surface area contributed by atoms with Gasteiger partial charge in [0.05, 0.1) is 17.2 Å². The number of carbonyl (C=O) groups excluding carboxylic acids is 3. The monoisotopic (exact) mass is 387 g/mol. The van der Waals surface area contributed by atoms with Gasteiger partial charge in [-0.3, -0.25) is 14.4 Å². The van der Waals surface area contributed by atoms with Crippen LogP contribution >= 0.6 is 11.3 Å². The molecule has 1 aromatic heterocycles. The minimum atomic E-state index is -0.777. The Balaban J connectivity index is 1.55. The molecule has 1 N–H and O–H groups in total. The molecular formula is C18H14FN3O4S. The van der Waals surface area contributed by atoms with Crippen molar-refractivity contribution in [2.24, 2.45) is 5.92 Å². The Kier molecular flexibility index (Phi) is 5.47. The summed E-state index contributed by atoms with van der Waals surface area (Å²) in [6.45, 7) is -0.546. The second kappa shape index (κ2) is 7.97. The summed E-state index contributed by atoms with van der Waals surface area (Å²) in [5, 5.41) is 13.4. The van der Waals surface area contributed by atoms with Crippen LogP contribution in [0.4, 0.5) is 15.1 Å². The smallest absolute Gasteiger partial charge is 0.311 e. The summed E-state index contributed by atoms with van der Waals surface area (Å²) in [4.78, 5) is 37.3. The Morgan fingerprint density at radius 1 is 1.37 bits per heavy atom. The molecule has 1 aliphatic rings. The van der Waals surface area contributed by atoms with Crippen molar-refractivity contribution in [1.29, 1.82) is 5.26 Å². The number of nitriles is 1. The fourth-order valence-electron chi connectivity index (χ4n) is 2.68. The van der Waals surface area contributed by atoms with E-state index in [0.29, 0.717) is 10.6 Å². The van der Waals surface area contributed by atoms with Crippen molar-refractivity contribution in [2.75, 3.05) is 23.4 Å². The molecule has 2 heterocycles. The molecule has 0 spiro atoms. The molecule has 0 aliphatic carbocycles. The molecule has 1 saturated heterocycles. The first kappa shape index (κ1) is 18.5. The summed E-state index contributed by atoms with van der Waals surface area (Å²) >= 11 is 1.18. The Labute approximate surface area is 158 Å². The van der Waals surface area contributed by atoms with Crippen molar-refractivity contribution in [2.45, 2.75) is 6.42 Å². The number of ether oxygens (including phenoxy) is 1. The summed E-state index contributed by atoms with van der Waals surface area (Å²) in [6, 6.07) is 9.30. The normalized spacial score (nSPS) is 16.1. The summed E-state index contributed by atoms with van der Waals surface area (Å²) < 4.78 is 18.8. The topological polar surface area (TPSA) is 99.5 Å². The third kappa shape index (κ3) is 4.12. The van der Waals surface area contributed by atoms with Crippen molar-refractivity contribution < 1.29 is 23.5 Å². The molecule has 27 heavy (non-hydrogen) atoms. The first-order chi connectivity index (χ1) is 13.0. The third-order valence-electron chi connectivity index (χ3n) is 3.99. The number of para-hydroxylation sites is 1. The van der Waals surface area contributed by atoms with E-state index >= 15 is 0 Å². The van der Waals surface area contributed by atoms with Crippen LogP contribution in [0.3, 0.4) is 0 Å². The number of carbonyl (C=O) groups is 3. The van der Waals surface area contributed by atoms with E-state index in [1.54, 1.807) is 17.5 Å². The third-order valence-corrected chi connectivity index (χ3v) is 4.82. The number of anilines is 2. The highest BCUT2D eigenvalue weighted by molar-refractivity contribution is 7.14. The zero-order chi connectivity index (χ0) is 19.4. The predicted octanol–water partition coefficient (Wildman–Crippen LogP) is 2.29. The van der Waals surface area contributed by atoms with E-state index in [-0.39, 0.29) is 24.6 Å². The molecule has 0 bridgehead atoms. The second-order valence-electron chi connectivity index (χ2n) is 5.79. The van der Waals surface area contributed by atoms with Gasteiger partial charge in [-0.15, -0.1) is 11.3 Å². The van der Waals surface area contributed by atoms with E-state index in [1.165, 1.54) is 34.4 Å². The van der Waals surface area contributed by atoms with Gasteiger partial charge in [0.1, 0.15) is 16.9 Å². The van der Waals surface area contributed by atoms with E-state index in [9.17, 15) is 18.8 Å². The zero-order valence-corrected chi connectivity index (χ0v) is 14.8. The molecule has 0 unspecified atom stereocenters. The van der Waals surface area contributed by atoms with Gasteiger partial charge in [-0.2, -0.15) is 5.26 Å². The first-order valence-electron chi connectivity index (χ1n) is 7.98. The van der Waals surface area contributed by atoms with Gasteiger partial charge in [0, 0.05) is 13.0 Å². The fraction of sp³-hybridized carbons (Fsp3) is 0.222. The summed E-state index contributed by atoms with van der Waals surface area (Å²) in [6.07, 6.45) is -0.113. The van der Waals surface area contributed by atoms with Crippen molar-refractivity contribution in [3.05, 3.63) is 47.1 Å². The highest BCUT2D eigenvalue weighted by atomic mass is 32.1. The van der Waals surface area contributed by atoms with Crippen LogP contribution in [0.1, 0.15) is 12.0 Å². The van der Waals surface area contributed by atoms with Gasteiger partial charge in [-0.25, -0.2) is 4.39 Å². The molecule has 1 aliphatic heterocycles. The summed E-state index contributed by atoms with van der Waals surface area (Å²) in [7, 11) is 0. The second-order valence-corrected chi connectivity index (χ2v) is 6.70. The maximum atomic E-state index is 13.9. The maximum absolute atomic E-state index is 13.9. The van der Waals surface area contributed by atoms with Gasteiger partial charge in [0.15, 0.2) is 6.61 Å². The Morgan fingerprint density at radius 3 is 2.89 bits per heavy atom. The number of nitrogens with one attached hydrogen (secondary N) is 1. The van der Waals surface area contributed by atoms with Gasteiger partial charge in [-0.1, -0.05) is 12.1 Å². The van der Waals surface area contributed by atoms with E-state index < -0.39 is 30.2 Å². The highest BCUT2D eigenvalue weighted by Crippen LogP contribution is 2.28. The Morgan fingerprint density at radius 2 is 2.15 bits per heavy atom. The largest absolute Gasteiger partial charge is 0.455 e. The van der Waals surface area contributed by atoms with Gasteiger partial charge in [-0.05, 0) is 23.6 Å². The predicted molar refractivity (Wildman–Crippen MR) is 95.5 cm³/mol. The first-order valence-corrected chi connectivity index (χ1v) is 8.86. The van der Waals surface area contributed by atoms with E-state index in [0.717, 1.165) is 0 Å². The van der Waals surface area contributed by atoms with Gasteiger partial charge in [0.2, 0.25) is 5.91 Å². The SMILES string of the molecule is N#Cc1ccsc1NC(=O)COC(=O)[C@@H]1CC(=O)N(c2ccccc2F)C1. The number of hydrogen-bond donors (Lipinski definition) is 1. The molecule has 1 atom stereocenters.